The Labute approximate surface area is 218 Å². The Kier molecular flexibility index (Phi) is 9.66. The number of hydrogen-bond donors (Lipinski definition) is 3. The number of carbonyl (C=O) groups excluding carboxylic acids is 5. The second kappa shape index (κ2) is 12.7. The van der Waals surface area contributed by atoms with E-state index in [1.807, 2.05) is 44.2 Å². The van der Waals surface area contributed by atoms with Gasteiger partial charge in [0.15, 0.2) is 0 Å². The van der Waals surface area contributed by atoms with E-state index in [1.54, 1.807) is 6.92 Å². The van der Waals surface area contributed by atoms with Crippen LogP contribution in [0.15, 0.2) is 30.3 Å². The summed E-state index contributed by atoms with van der Waals surface area (Å²) in [6, 6.07) is 6.75. The minimum atomic E-state index is -0.872. The zero-order valence-corrected chi connectivity index (χ0v) is 22.2. The Balaban J connectivity index is 1.88. The van der Waals surface area contributed by atoms with Crippen molar-refractivity contribution >= 4 is 29.5 Å². The number of benzene rings is 1. The molecule has 0 radical (unpaired) electrons. The summed E-state index contributed by atoms with van der Waals surface area (Å²) < 4.78 is 0. The van der Waals surface area contributed by atoms with E-state index in [2.05, 4.69) is 16.0 Å². The maximum atomic E-state index is 13.4. The first-order valence-corrected chi connectivity index (χ1v) is 13.0. The molecule has 0 aromatic heterocycles. The van der Waals surface area contributed by atoms with Crippen LogP contribution in [0.2, 0.25) is 0 Å². The predicted octanol–water partition coefficient (Wildman–Crippen LogP) is 0.460. The summed E-state index contributed by atoms with van der Waals surface area (Å²) in [5, 5.41) is 8.40. The molecule has 1 saturated carbocycles. The summed E-state index contributed by atoms with van der Waals surface area (Å²) in [5.74, 6) is -1.83. The van der Waals surface area contributed by atoms with Crippen molar-refractivity contribution in [2.45, 2.75) is 64.6 Å². The van der Waals surface area contributed by atoms with Crippen LogP contribution in [0.3, 0.4) is 0 Å². The van der Waals surface area contributed by atoms with Crippen LogP contribution in [-0.2, 0) is 30.4 Å². The maximum Gasteiger partial charge on any atom is 0.245 e. The van der Waals surface area contributed by atoms with Crippen LogP contribution < -0.4 is 16.0 Å². The molecule has 10 nitrogen and oxygen atoms in total. The molecule has 202 valence electrons. The highest BCUT2D eigenvalue weighted by Crippen LogP contribution is 2.30. The third-order valence-electron chi connectivity index (χ3n) is 6.82. The van der Waals surface area contributed by atoms with Gasteiger partial charge in [0, 0.05) is 32.5 Å². The Bertz CT molecular complexity index is 994. The highest BCUT2D eigenvalue weighted by Gasteiger charge is 2.36. The van der Waals surface area contributed by atoms with Gasteiger partial charge in [0.05, 0.1) is 6.54 Å². The fourth-order valence-corrected chi connectivity index (χ4v) is 4.36. The summed E-state index contributed by atoms with van der Waals surface area (Å²) in [5.41, 5.74) is 0.871. The van der Waals surface area contributed by atoms with E-state index >= 15 is 0 Å². The molecule has 0 unspecified atom stereocenters. The topological polar surface area (TPSA) is 128 Å². The lowest BCUT2D eigenvalue weighted by Gasteiger charge is -2.30. The van der Waals surface area contributed by atoms with E-state index < -0.39 is 41.8 Å². The molecule has 1 aromatic carbocycles. The van der Waals surface area contributed by atoms with E-state index in [1.165, 1.54) is 16.8 Å². The van der Waals surface area contributed by atoms with Crippen molar-refractivity contribution in [2.75, 3.05) is 26.7 Å². The Morgan fingerprint density at radius 2 is 1.68 bits per heavy atom. The first-order chi connectivity index (χ1) is 17.6. The number of hydrogen-bond acceptors (Lipinski definition) is 5. The molecule has 0 bridgehead atoms. The molecule has 3 N–H and O–H groups in total. The minimum Gasteiger partial charge on any atom is -0.353 e. The molecule has 5 amide bonds. The van der Waals surface area contributed by atoms with Crippen LogP contribution in [-0.4, -0.2) is 84.1 Å². The summed E-state index contributed by atoms with van der Waals surface area (Å²) in [6.07, 6.45) is 2.22. The van der Waals surface area contributed by atoms with Gasteiger partial charge < -0.3 is 25.8 Å². The fraction of sp³-hybridized carbons (Fsp3) is 0.593. The second-order valence-corrected chi connectivity index (χ2v) is 10.5. The van der Waals surface area contributed by atoms with Crippen LogP contribution in [0.5, 0.6) is 0 Å². The molecule has 1 aliphatic carbocycles. The smallest absolute Gasteiger partial charge is 0.245 e. The lowest BCUT2D eigenvalue weighted by atomic mass is 10.0. The van der Waals surface area contributed by atoms with Gasteiger partial charge in [-0.2, -0.15) is 0 Å². The van der Waals surface area contributed by atoms with Crippen molar-refractivity contribution in [3.8, 4) is 0 Å². The van der Waals surface area contributed by atoms with Crippen molar-refractivity contribution in [1.29, 1.82) is 0 Å². The molecule has 3 rings (SSSR count). The number of carbonyl (C=O) groups is 5. The fourth-order valence-electron chi connectivity index (χ4n) is 4.36. The SMILES string of the molecule is CC(C)C[C@@H]1NC(=O)CN(C(=O)C2CC2)CCNC(=O)[C@H](Cc2ccccc2)NC(=O)[C@H](C)N(C)C1=O. The Hall–Kier alpha value is -3.43. The number of likely N-dealkylation sites (N-methyl/N-ethyl adjacent to an activating group) is 1. The maximum absolute atomic E-state index is 13.4. The van der Waals surface area contributed by atoms with Crippen LogP contribution in [0.25, 0.3) is 0 Å². The van der Waals surface area contributed by atoms with Crippen LogP contribution in [0.4, 0.5) is 0 Å². The van der Waals surface area contributed by atoms with Crippen molar-refractivity contribution in [2.24, 2.45) is 11.8 Å². The molecule has 1 heterocycles. The van der Waals surface area contributed by atoms with Crippen molar-refractivity contribution in [3.05, 3.63) is 35.9 Å². The van der Waals surface area contributed by atoms with Gasteiger partial charge >= 0.3 is 0 Å². The first-order valence-electron chi connectivity index (χ1n) is 13.0. The average Bonchev–Trinajstić information content (AvgIpc) is 3.71. The standard InChI is InChI=1S/C27H39N5O5/c1-17(2)14-22-27(37)31(4)18(3)24(34)30-21(15-19-8-6-5-7-9-19)25(35)28-12-13-32(16-23(33)29-22)26(36)20-10-11-20/h5-9,17-18,20-22H,10-16H2,1-4H3,(H,28,35)(H,29,33)(H,30,34)/t18-,21-,22-/m0/s1. The third-order valence-corrected chi connectivity index (χ3v) is 6.82. The first kappa shape index (κ1) is 28.1. The van der Waals surface area contributed by atoms with E-state index in [9.17, 15) is 24.0 Å². The molecule has 0 spiro atoms. The van der Waals surface area contributed by atoms with Gasteiger partial charge in [-0.25, -0.2) is 0 Å². The lowest BCUT2D eigenvalue weighted by molar-refractivity contribution is -0.142. The van der Waals surface area contributed by atoms with E-state index in [0.29, 0.717) is 6.42 Å². The van der Waals surface area contributed by atoms with Crippen molar-refractivity contribution in [3.63, 3.8) is 0 Å². The van der Waals surface area contributed by atoms with Gasteiger partial charge in [0.25, 0.3) is 0 Å². The van der Waals surface area contributed by atoms with Crippen molar-refractivity contribution in [1.82, 2.24) is 25.8 Å². The largest absolute Gasteiger partial charge is 0.353 e. The summed E-state index contributed by atoms with van der Waals surface area (Å²) in [4.78, 5) is 68.2. The monoisotopic (exact) mass is 513 g/mol. The Morgan fingerprint density at radius 3 is 2.30 bits per heavy atom. The highest BCUT2D eigenvalue weighted by molar-refractivity contribution is 5.95. The van der Waals surface area contributed by atoms with Crippen LogP contribution in [0, 0.1) is 11.8 Å². The Morgan fingerprint density at radius 1 is 1.00 bits per heavy atom. The van der Waals surface area contributed by atoms with Crippen LogP contribution in [0.1, 0.15) is 45.6 Å². The number of nitrogens with zero attached hydrogens (tertiary/aromatic N) is 2. The number of nitrogens with one attached hydrogen (secondary N) is 3. The van der Waals surface area contributed by atoms with Gasteiger partial charge in [-0.3, -0.25) is 24.0 Å². The predicted molar refractivity (Wildman–Crippen MR) is 138 cm³/mol. The third kappa shape index (κ3) is 8.03. The lowest BCUT2D eigenvalue weighted by Crippen LogP contribution is -2.57. The van der Waals surface area contributed by atoms with E-state index in [4.69, 9.17) is 0 Å². The minimum absolute atomic E-state index is 0.101. The molecule has 2 aliphatic rings. The number of amides is 5. The summed E-state index contributed by atoms with van der Waals surface area (Å²) in [7, 11) is 1.51. The van der Waals surface area contributed by atoms with E-state index in [-0.39, 0.29) is 43.8 Å². The highest BCUT2D eigenvalue weighted by atomic mass is 16.2. The molecule has 10 heteroatoms. The normalized spacial score (nSPS) is 24.6. The second-order valence-electron chi connectivity index (χ2n) is 10.5. The van der Waals surface area contributed by atoms with Crippen molar-refractivity contribution < 1.29 is 24.0 Å². The van der Waals surface area contributed by atoms with Gasteiger partial charge in [0.1, 0.15) is 18.1 Å². The molecule has 1 saturated heterocycles. The molecular formula is C27H39N5O5. The van der Waals surface area contributed by atoms with E-state index in [0.717, 1.165) is 18.4 Å². The molecular weight excluding hydrogens is 474 g/mol. The van der Waals surface area contributed by atoms with Gasteiger partial charge in [-0.05, 0) is 37.7 Å². The molecule has 37 heavy (non-hydrogen) atoms. The van der Waals surface area contributed by atoms with Gasteiger partial charge in [-0.15, -0.1) is 0 Å². The summed E-state index contributed by atoms with van der Waals surface area (Å²) >= 11 is 0. The average molecular weight is 514 g/mol. The van der Waals surface area contributed by atoms with Gasteiger partial charge in [-0.1, -0.05) is 44.2 Å². The quantitative estimate of drug-likeness (QED) is 0.527. The molecule has 1 aromatic rings. The van der Waals surface area contributed by atoms with Crippen LogP contribution >= 0.6 is 0 Å². The molecule has 1 aliphatic heterocycles. The molecule has 2 fully saturated rings. The van der Waals surface area contributed by atoms with Gasteiger partial charge in [0.2, 0.25) is 29.5 Å². The zero-order valence-electron chi connectivity index (χ0n) is 22.2. The molecule has 3 atom stereocenters. The number of rotatable bonds is 5. The zero-order chi connectivity index (χ0) is 27.1. The summed E-state index contributed by atoms with van der Waals surface area (Å²) in [6.45, 7) is 5.57.